The molecule has 0 aliphatic carbocycles. The lowest BCUT2D eigenvalue weighted by molar-refractivity contribution is 1.39. The number of para-hydroxylation sites is 1. The van der Waals surface area contributed by atoms with Gasteiger partial charge in [0.15, 0.2) is 0 Å². The summed E-state index contributed by atoms with van der Waals surface area (Å²) in [7, 11) is 0. The molecule has 1 heterocycles. The molecule has 0 unspecified atom stereocenters. The summed E-state index contributed by atoms with van der Waals surface area (Å²) < 4.78 is 1.08. The van der Waals surface area contributed by atoms with E-state index >= 15 is 0 Å². The van der Waals surface area contributed by atoms with Crippen molar-refractivity contribution in [3.8, 4) is 0 Å². The minimum atomic E-state index is 0.994. The van der Waals surface area contributed by atoms with Crippen molar-refractivity contribution in [1.29, 1.82) is 0 Å². The Morgan fingerprint density at radius 3 is 2.84 bits per heavy atom. The largest absolute Gasteiger partial charge is 0.361 e. The van der Waals surface area contributed by atoms with Gasteiger partial charge in [-0.25, -0.2) is 0 Å². The lowest BCUT2D eigenvalue weighted by Crippen LogP contribution is -1.79. The first kappa shape index (κ1) is 12.2. The van der Waals surface area contributed by atoms with E-state index in [1.165, 1.54) is 5.39 Å². The number of rotatable bonds is 2. The number of aryl methyl sites for hydroxylation is 1. The summed E-state index contributed by atoms with van der Waals surface area (Å²) in [4.78, 5) is 7.82. The van der Waals surface area contributed by atoms with Gasteiger partial charge in [0, 0.05) is 33.4 Å². The number of hydrogen-bond acceptors (Lipinski definition) is 1. The highest BCUT2D eigenvalue weighted by molar-refractivity contribution is 9.10. The summed E-state index contributed by atoms with van der Waals surface area (Å²) in [6.45, 7) is 2.06. The van der Waals surface area contributed by atoms with E-state index in [4.69, 9.17) is 0 Å². The van der Waals surface area contributed by atoms with Gasteiger partial charge in [0.2, 0.25) is 0 Å². The fourth-order valence-corrected chi connectivity index (χ4v) is 2.58. The van der Waals surface area contributed by atoms with E-state index in [9.17, 15) is 0 Å². The van der Waals surface area contributed by atoms with Crippen LogP contribution in [0.5, 0.6) is 0 Å². The smallest absolute Gasteiger partial charge is 0.0659 e. The summed E-state index contributed by atoms with van der Waals surface area (Å²) in [5.41, 5.74) is 4.40. The van der Waals surface area contributed by atoms with Gasteiger partial charge in [-0.3, -0.25) is 4.99 Å². The van der Waals surface area contributed by atoms with Crippen LogP contribution in [0.3, 0.4) is 0 Å². The summed E-state index contributed by atoms with van der Waals surface area (Å²) in [5.74, 6) is 0. The van der Waals surface area contributed by atoms with Crippen LogP contribution >= 0.6 is 15.9 Å². The number of aromatic nitrogens is 1. The third-order valence-corrected chi connectivity index (χ3v) is 3.62. The number of hydrogen-bond donors (Lipinski definition) is 1. The van der Waals surface area contributed by atoms with Gasteiger partial charge in [-0.05, 0) is 36.8 Å². The van der Waals surface area contributed by atoms with Crippen LogP contribution in [-0.2, 0) is 0 Å². The van der Waals surface area contributed by atoms with Crippen LogP contribution in [0.25, 0.3) is 10.9 Å². The van der Waals surface area contributed by atoms with Crippen molar-refractivity contribution in [3.63, 3.8) is 0 Å². The van der Waals surface area contributed by atoms with Gasteiger partial charge in [0.05, 0.1) is 5.69 Å². The van der Waals surface area contributed by atoms with E-state index in [1.807, 2.05) is 36.7 Å². The molecule has 0 bridgehead atoms. The first-order chi connectivity index (χ1) is 9.24. The molecule has 0 amide bonds. The molecule has 0 saturated carbocycles. The molecule has 94 valence electrons. The molecule has 0 spiro atoms. The van der Waals surface area contributed by atoms with Crippen molar-refractivity contribution in [2.45, 2.75) is 6.92 Å². The van der Waals surface area contributed by atoms with Gasteiger partial charge >= 0.3 is 0 Å². The van der Waals surface area contributed by atoms with E-state index in [2.05, 4.69) is 51.0 Å². The van der Waals surface area contributed by atoms with Crippen LogP contribution in [0.4, 0.5) is 5.69 Å². The van der Waals surface area contributed by atoms with Crippen molar-refractivity contribution < 1.29 is 0 Å². The number of nitrogens with one attached hydrogen (secondary N) is 1. The fraction of sp³-hybridized carbons (Fsp3) is 0.0625. The average Bonchev–Trinajstić information content (AvgIpc) is 2.81. The predicted octanol–water partition coefficient (Wildman–Crippen LogP) is 4.99. The van der Waals surface area contributed by atoms with Gasteiger partial charge in [-0.2, -0.15) is 0 Å². The Labute approximate surface area is 120 Å². The zero-order chi connectivity index (χ0) is 13.2. The molecule has 2 nitrogen and oxygen atoms in total. The number of H-pyrrole nitrogens is 1. The maximum atomic E-state index is 4.57. The SMILES string of the molecule is Cc1cc(Br)ccc1N=Cc1c[nH]c2ccccc12. The quantitative estimate of drug-likeness (QED) is 0.646. The molecule has 0 aliphatic rings. The number of aromatic amines is 1. The Bertz CT molecular complexity index is 756. The van der Waals surface area contributed by atoms with Crippen molar-refractivity contribution >= 4 is 38.7 Å². The van der Waals surface area contributed by atoms with Crippen molar-refractivity contribution in [3.05, 3.63) is 64.3 Å². The number of fused-ring (bicyclic) bond motifs is 1. The zero-order valence-electron chi connectivity index (χ0n) is 10.5. The zero-order valence-corrected chi connectivity index (χ0v) is 12.1. The summed E-state index contributed by atoms with van der Waals surface area (Å²) >= 11 is 3.46. The minimum absolute atomic E-state index is 0.994. The highest BCUT2D eigenvalue weighted by Gasteiger charge is 2.00. The molecule has 19 heavy (non-hydrogen) atoms. The Morgan fingerprint density at radius 1 is 1.16 bits per heavy atom. The first-order valence-electron chi connectivity index (χ1n) is 6.10. The molecule has 0 saturated heterocycles. The molecular weight excluding hydrogens is 300 g/mol. The molecule has 1 N–H and O–H groups in total. The first-order valence-corrected chi connectivity index (χ1v) is 6.90. The molecule has 0 fully saturated rings. The predicted molar refractivity (Wildman–Crippen MR) is 84.4 cm³/mol. The standard InChI is InChI=1S/C16H13BrN2/c1-11-8-13(17)6-7-15(11)18-9-12-10-19-16-5-3-2-4-14(12)16/h2-10,19H,1H3. The molecular formula is C16H13BrN2. The Hall–Kier alpha value is -1.87. The molecule has 0 atom stereocenters. The third kappa shape index (κ3) is 2.47. The minimum Gasteiger partial charge on any atom is -0.361 e. The van der Waals surface area contributed by atoms with Gasteiger partial charge in [0.1, 0.15) is 0 Å². The van der Waals surface area contributed by atoms with Crippen LogP contribution < -0.4 is 0 Å². The topological polar surface area (TPSA) is 28.1 Å². The lowest BCUT2D eigenvalue weighted by atomic mass is 10.2. The number of benzene rings is 2. The Morgan fingerprint density at radius 2 is 2.00 bits per heavy atom. The monoisotopic (exact) mass is 312 g/mol. The third-order valence-electron chi connectivity index (χ3n) is 3.12. The van der Waals surface area contributed by atoms with Gasteiger partial charge in [0.25, 0.3) is 0 Å². The van der Waals surface area contributed by atoms with Crippen molar-refractivity contribution in [1.82, 2.24) is 4.98 Å². The van der Waals surface area contributed by atoms with Crippen molar-refractivity contribution in [2.24, 2.45) is 4.99 Å². The fourth-order valence-electron chi connectivity index (χ4n) is 2.10. The lowest BCUT2D eigenvalue weighted by Gasteiger charge is -1.99. The maximum absolute atomic E-state index is 4.57. The Balaban J connectivity index is 1.98. The highest BCUT2D eigenvalue weighted by atomic mass is 79.9. The second kappa shape index (κ2) is 5.02. The summed E-state index contributed by atoms with van der Waals surface area (Å²) in [6.07, 6.45) is 3.90. The number of aliphatic imine (C=N–C) groups is 1. The van der Waals surface area contributed by atoms with Crippen LogP contribution in [0.15, 0.2) is 58.1 Å². The maximum Gasteiger partial charge on any atom is 0.0659 e. The number of halogens is 1. The molecule has 3 heteroatoms. The van der Waals surface area contributed by atoms with Crippen molar-refractivity contribution in [2.75, 3.05) is 0 Å². The normalized spacial score (nSPS) is 11.5. The average molecular weight is 313 g/mol. The van der Waals surface area contributed by atoms with Crippen LogP contribution in [0.1, 0.15) is 11.1 Å². The molecule has 3 aromatic rings. The van der Waals surface area contributed by atoms with E-state index < -0.39 is 0 Å². The molecule has 1 aromatic heterocycles. The Kier molecular flexibility index (Phi) is 3.22. The van der Waals surface area contributed by atoms with Gasteiger partial charge in [-0.15, -0.1) is 0 Å². The van der Waals surface area contributed by atoms with Gasteiger partial charge in [-0.1, -0.05) is 34.1 Å². The summed E-state index contributed by atoms with van der Waals surface area (Å²) in [6, 6.07) is 14.3. The van der Waals surface area contributed by atoms with E-state index in [0.29, 0.717) is 0 Å². The second-order valence-corrected chi connectivity index (χ2v) is 5.39. The summed E-state index contributed by atoms with van der Waals surface area (Å²) in [5, 5.41) is 1.20. The van der Waals surface area contributed by atoms with Crippen LogP contribution in [0.2, 0.25) is 0 Å². The second-order valence-electron chi connectivity index (χ2n) is 4.48. The van der Waals surface area contributed by atoms with Gasteiger partial charge < -0.3 is 4.98 Å². The molecule has 3 rings (SSSR count). The van der Waals surface area contributed by atoms with E-state index in [0.717, 1.165) is 26.8 Å². The van der Waals surface area contributed by atoms with Crippen LogP contribution in [0, 0.1) is 6.92 Å². The highest BCUT2D eigenvalue weighted by Crippen LogP contribution is 2.23. The molecule has 2 aromatic carbocycles. The van der Waals surface area contributed by atoms with Crippen LogP contribution in [-0.4, -0.2) is 11.2 Å². The molecule has 0 aliphatic heterocycles. The number of nitrogens with zero attached hydrogens (tertiary/aromatic N) is 1. The molecule has 0 radical (unpaired) electrons. The van der Waals surface area contributed by atoms with E-state index in [-0.39, 0.29) is 0 Å². The van der Waals surface area contributed by atoms with E-state index in [1.54, 1.807) is 0 Å².